The molecule has 2 rings (SSSR count). The normalized spacial score (nSPS) is 12.4. The summed E-state index contributed by atoms with van der Waals surface area (Å²) >= 11 is 0. The van der Waals surface area contributed by atoms with Crippen LogP contribution in [0.4, 0.5) is 0 Å². The highest BCUT2D eigenvalue weighted by Gasteiger charge is 2.14. The quantitative estimate of drug-likeness (QED) is 0.606. The van der Waals surface area contributed by atoms with E-state index in [4.69, 9.17) is 10.6 Å². The number of aromatic nitrogens is 2. The Morgan fingerprint density at radius 3 is 2.81 bits per heavy atom. The van der Waals surface area contributed by atoms with E-state index in [1.807, 2.05) is 36.9 Å². The second-order valence-electron chi connectivity index (χ2n) is 5.24. The Morgan fingerprint density at radius 1 is 1.38 bits per heavy atom. The predicted molar refractivity (Wildman–Crippen MR) is 83.9 cm³/mol. The maximum atomic E-state index is 5.74. The van der Waals surface area contributed by atoms with Crippen LogP contribution in [0.5, 0.6) is 5.75 Å². The van der Waals surface area contributed by atoms with E-state index in [0.717, 1.165) is 42.1 Å². The van der Waals surface area contributed by atoms with Crippen LogP contribution in [0.25, 0.3) is 0 Å². The van der Waals surface area contributed by atoms with Crippen molar-refractivity contribution < 1.29 is 4.74 Å². The highest BCUT2D eigenvalue weighted by molar-refractivity contribution is 5.31. The summed E-state index contributed by atoms with van der Waals surface area (Å²) in [4.78, 5) is 0. The smallest absolute Gasteiger partial charge is 0.119 e. The summed E-state index contributed by atoms with van der Waals surface area (Å²) in [6.07, 6.45) is 1.78. The molecule has 114 valence electrons. The average Bonchev–Trinajstić information content (AvgIpc) is 2.80. The van der Waals surface area contributed by atoms with Crippen molar-refractivity contribution >= 4 is 0 Å². The maximum Gasteiger partial charge on any atom is 0.119 e. The minimum absolute atomic E-state index is 0.0324. The Bertz CT molecular complexity index is 579. The Labute approximate surface area is 126 Å². The molecule has 0 amide bonds. The lowest BCUT2D eigenvalue weighted by Gasteiger charge is -2.17. The van der Waals surface area contributed by atoms with Gasteiger partial charge in [0.05, 0.1) is 18.3 Å². The lowest BCUT2D eigenvalue weighted by molar-refractivity contribution is 0.316. The van der Waals surface area contributed by atoms with Gasteiger partial charge in [0.1, 0.15) is 5.75 Å². The lowest BCUT2D eigenvalue weighted by Crippen LogP contribution is -2.30. The van der Waals surface area contributed by atoms with Gasteiger partial charge in [-0.2, -0.15) is 5.10 Å². The van der Waals surface area contributed by atoms with Gasteiger partial charge in [-0.1, -0.05) is 19.1 Å². The molecule has 0 aliphatic heterocycles. The van der Waals surface area contributed by atoms with Crippen LogP contribution in [0.1, 0.15) is 36.3 Å². The number of benzene rings is 1. The van der Waals surface area contributed by atoms with Crippen LogP contribution in [-0.2, 0) is 13.5 Å². The van der Waals surface area contributed by atoms with Crippen LogP contribution >= 0.6 is 0 Å². The zero-order valence-electron chi connectivity index (χ0n) is 13.0. The van der Waals surface area contributed by atoms with Gasteiger partial charge in [0.25, 0.3) is 0 Å². The van der Waals surface area contributed by atoms with E-state index in [9.17, 15) is 0 Å². The molecule has 0 saturated heterocycles. The number of ether oxygens (including phenoxy) is 1. The van der Waals surface area contributed by atoms with Gasteiger partial charge in [-0.15, -0.1) is 0 Å². The predicted octanol–water partition coefficient (Wildman–Crippen LogP) is 2.26. The van der Waals surface area contributed by atoms with E-state index in [1.165, 1.54) is 0 Å². The minimum Gasteiger partial charge on any atom is -0.494 e. The number of nitrogens with zero attached hydrogens (tertiary/aromatic N) is 2. The van der Waals surface area contributed by atoms with Gasteiger partial charge < -0.3 is 4.74 Å². The number of rotatable bonds is 7. The molecule has 0 spiro atoms. The second-order valence-corrected chi connectivity index (χ2v) is 5.24. The number of nitrogens with one attached hydrogen (secondary N) is 1. The van der Waals surface area contributed by atoms with Gasteiger partial charge >= 0.3 is 0 Å². The van der Waals surface area contributed by atoms with Crippen molar-refractivity contribution in [1.82, 2.24) is 15.2 Å². The molecular weight excluding hydrogens is 264 g/mol. The first-order chi connectivity index (χ1) is 10.1. The molecule has 5 heteroatoms. The van der Waals surface area contributed by atoms with Crippen LogP contribution in [0, 0.1) is 6.92 Å². The van der Waals surface area contributed by atoms with Crippen molar-refractivity contribution in [2.24, 2.45) is 12.9 Å². The van der Waals surface area contributed by atoms with Crippen LogP contribution < -0.4 is 16.0 Å². The molecule has 1 aromatic heterocycles. The zero-order chi connectivity index (χ0) is 15.2. The van der Waals surface area contributed by atoms with E-state index in [-0.39, 0.29) is 6.04 Å². The van der Waals surface area contributed by atoms with Crippen LogP contribution in [0.2, 0.25) is 0 Å². The summed E-state index contributed by atoms with van der Waals surface area (Å²) in [5.41, 5.74) is 6.17. The van der Waals surface area contributed by atoms with E-state index in [1.54, 1.807) is 0 Å². The molecule has 0 aliphatic rings. The third-order valence-electron chi connectivity index (χ3n) is 3.45. The fraction of sp³-hybridized carbons (Fsp3) is 0.438. The van der Waals surface area contributed by atoms with Gasteiger partial charge in [-0.05, 0) is 37.1 Å². The van der Waals surface area contributed by atoms with Crippen LogP contribution in [-0.4, -0.2) is 16.4 Å². The summed E-state index contributed by atoms with van der Waals surface area (Å²) in [7, 11) is 1.96. The molecule has 3 N–H and O–H groups in total. The van der Waals surface area contributed by atoms with E-state index < -0.39 is 0 Å². The largest absolute Gasteiger partial charge is 0.494 e. The first-order valence-corrected chi connectivity index (χ1v) is 7.32. The first-order valence-electron chi connectivity index (χ1n) is 7.32. The Balaban J connectivity index is 2.15. The molecule has 2 aromatic rings. The third kappa shape index (κ3) is 4.06. The highest BCUT2D eigenvalue weighted by atomic mass is 16.5. The molecule has 0 aliphatic carbocycles. The standard InChI is InChI=1S/C16H24N4O/c1-4-8-21-15-7-5-6-13(10-15)16(18-17)11-14-9-12(2)19-20(14)3/h5-7,9-10,16,18H,4,8,11,17H2,1-3H3. The average molecular weight is 288 g/mol. The number of hydrogen-bond acceptors (Lipinski definition) is 4. The third-order valence-corrected chi connectivity index (χ3v) is 3.45. The molecule has 0 fully saturated rings. The van der Waals surface area contributed by atoms with Crippen molar-refractivity contribution in [3.05, 3.63) is 47.3 Å². The van der Waals surface area contributed by atoms with Gasteiger partial charge in [0.15, 0.2) is 0 Å². The topological polar surface area (TPSA) is 65.1 Å². The molecule has 21 heavy (non-hydrogen) atoms. The van der Waals surface area contributed by atoms with Crippen molar-refractivity contribution in [3.8, 4) is 5.75 Å². The number of nitrogens with two attached hydrogens (primary N) is 1. The first kappa shape index (κ1) is 15.5. The van der Waals surface area contributed by atoms with Crippen LogP contribution in [0.15, 0.2) is 30.3 Å². The maximum absolute atomic E-state index is 5.74. The summed E-state index contributed by atoms with van der Waals surface area (Å²) in [5, 5.41) is 4.37. The number of hydrogen-bond donors (Lipinski definition) is 2. The summed E-state index contributed by atoms with van der Waals surface area (Å²) in [5.74, 6) is 6.62. The zero-order valence-corrected chi connectivity index (χ0v) is 13.0. The van der Waals surface area contributed by atoms with E-state index >= 15 is 0 Å². The highest BCUT2D eigenvalue weighted by Crippen LogP contribution is 2.22. The molecule has 0 radical (unpaired) electrons. The van der Waals surface area contributed by atoms with Crippen molar-refractivity contribution in [2.45, 2.75) is 32.7 Å². The molecule has 1 heterocycles. The van der Waals surface area contributed by atoms with Gasteiger partial charge in [-0.25, -0.2) is 0 Å². The summed E-state index contributed by atoms with van der Waals surface area (Å²) in [6, 6.07) is 10.2. The second kappa shape index (κ2) is 7.24. The van der Waals surface area contributed by atoms with Gasteiger partial charge in [-0.3, -0.25) is 16.0 Å². The van der Waals surface area contributed by atoms with Crippen molar-refractivity contribution in [2.75, 3.05) is 6.61 Å². The van der Waals surface area contributed by atoms with E-state index in [0.29, 0.717) is 0 Å². The van der Waals surface area contributed by atoms with Crippen LogP contribution in [0.3, 0.4) is 0 Å². The molecule has 0 bridgehead atoms. The summed E-state index contributed by atoms with van der Waals surface area (Å²) < 4.78 is 7.58. The fourth-order valence-corrected chi connectivity index (χ4v) is 2.38. The number of aryl methyl sites for hydroxylation is 2. The van der Waals surface area contributed by atoms with Gasteiger partial charge in [0, 0.05) is 19.2 Å². The van der Waals surface area contributed by atoms with Crippen molar-refractivity contribution in [1.29, 1.82) is 0 Å². The molecule has 1 unspecified atom stereocenters. The Hall–Kier alpha value is -1.85. The molecule has 0 saturated carbocycles. The molecule has 1 atom stereocenters. The molecular formula is C16H24N4O. The monoisotopic (exact) mass is 288 g/mol. The Morgan fingerprint density at radius 2 is 2.19 bits per heavy atom. The van der Waals surface area contributed by atoms with Crippen molar-refractivity contribution in [3.63, 3.8) is 0 Å². The number of hydrazine groups is 1. The Kier molecular flexibility index (Phi) is 5.36. The van der Waals surface area contributed by atoms with E-state index in [2.05, 4.69) is 29.6 Å². The fourth-order valence-electron chi connectivity index (χ4n) is 2.38. The molecule has 1 aromatic carbocycles. The van der Waals surface area contributed by atoms with Gasteiger partial charge in [0.2, 0.25) is 0 Å². The summed E-state index contributed by atoms with van der Waals surface area (Å²) in [6.45, 7) is 4.82. The lowest BCUT2D eigenvalue weighted by atomic mass is 10.0. The molecule has 5 nitrogen and oxygen atoms in total. The minimum atomic E-state index is 0.0324. The SMILES string of the molecule is CCCOc1cccc(C(Cc2cc(C)nn2C)NN)c1.